The molecule has 0 bridgehead atoms. The molecule has 0 saturated carbocycles. The SMILES string of the molecule is CCCCCCNC(=NCc1nncn1C)NCC. The van der Waals surface area contributed by atoms with Crippen molar-refractivity contribution >= 4 is 5.96 Å². The van der Waals surface area contributed by atoms with Gasteiger partial charge >= 0.3 is 0 Å². The van der Waals surface area contributed by atoms with Crippen molar-refractivity contribution in [2.24, 2.45) is 12.0 Å². The van der Waals surface area contributed by atoms with Gasteiger partial charge in [0.05, 0.1) is 0 Å². The van der Waals surface area contributed by atoms with Gasteiger partial charge in [-0.2, -0.15) is 0 Å². The first-order valence-corrected chi connectivity index (χ1v) is 7.13. The van der Waals surface area contributed by atoms with Crippen LogP contribution in [0, 0.1) is 0 Å². The summed E-state index contributed by atoms with van der Waals surface area (Å²) >= 11 is 0. The maximum absolute atomic E-state index is 4.51. The van der Waals surface area contributed by atoms with E-state index in [1.165, 1.54) is 25.7 Å². The molecule has 0 aliphatic rings. The molecule has 1 aromatic rings. The largest absolute Gasteiger partial charge is 0.357 e. The quantitative estimate of drug-likeness (QED) is 0.424. The van der Waals surface area contributed by atoms with E-state index in [0.717, 1.165) is 24.9 Å². The minimum Gasteiger partial charge on any atom is -0.357 e. The molecule has 19 heavy (non-hydrogen) atoms. The summed E-state index contributed by atoms with van der Waals surface area (Å²) in [7, 11) is 1.93. The van der Waals surface area contributed by atoms with Crippen LogP contribution in [0.5, 0.6) is 0 Å². The normalized spacial score (nSPS) is 11.6. The zero-order valence-electron chi connectivity index (χ0n) is 12.3. The molecule has 0 aliphatic carbocycles. The van der Waals surface area contributed by atoms with Crippen molar-refractivity contribution in [3.63, 3.8) is 0 Å². The second-order valence-corrected chi connectivity index (χ2v) is 4.54. The lowest BCUT2D eigenvalue weighted by atomic mass is 10.2. The Balaban J connectivity index is 2.36. The van der Waals surface area contributed by atoms with Gasteiger partial charge in [-0.1, -0.05) is 26.2 Å². The smallest absolute Gasteiger partial charge is 0.191 e. The molecule has 6 nitrogen and oxygen atoms in total. The predicted octanol–water partition coefficient (Wildman–Crippen LogP) is 1.45. The second-order valence-electron chi connectivity index (χ2n) is 4.54. The summed E-state index contributed by atoms with van der Waals surface area (Å²) in [6.07, 6.45) is 6.71. The van der Waals surface area contributed by atoms with Crippen LogP contribution in [0.15, 0.2) is 11.3 Å². The van der Waals surface area contributed by atoms with E-state index in [1.54, 1.807) is 6.33 Å². The average Bonchev–Trinajstić information content (AvgIpc) is 2.81. The lowest BCUT2D eigenvalue weighted by molar-refractivity contribution is 0.646. The van der Waals surface area contributed by atoms with E-state index >= 15 is 0 Å². The topological polar surface area (TPSA) is 67.1 Å². The molecule has 1 aromatic heterocycles. The van der Waals surface area contributed by atoms with Crippen LogP contribution in [0.25, 0.3) is 0 Å². The Bertz CT molecular complexity index is 371. The number of aliphatic imine (C=N–C) groups is 1. The summed E-state index contributed by atoms with van der Waals surface area (Å²) in [6.45, 7) is 6.65. The van der Waals surface area contributed by atoms with Crippen LogP contribution >= 0.6 is 0 Å². The second kappa shape index (κ2) is 9.35. The summed E-state index contributed by atoms with van der Waals surface area (Å²) in [5.41, 5.74) is 0. The van der Waals surface area contributed by atoms with Gasteiger partial charge in [0.1, 0.15) is 12.9 Å². The van der Waals surface area contributed by atoms with Crippen LogP contribution in [0.4, 0.5) is 0 Å². The van der Waals surface area contributed by atoms with Crippen molar-refractivity contribution in [3.8, 4) is 0 Å². The maximum atomic E-state index is 4.51. The number of hydrogen-bond donors (Lipinski definition) is 2. The summed E-state index contributed by atoms with van der Waals surface area (Å²) in [5.74, 6) is 1.71. The Morgan fingerprint density at radius 2 is 2.11 bits per heavy atom. The number of guanidine groups is 1. The number of aryl methyl sites for hydroxylation is 1. The van der Waals surface area contributed by atoms with E-state index in [-0.39, 0.29) is 0 Å². The monoisotopic (exact) mass is 266 g/mol. The van der Waals surface area contributed by atoms with Crippen LogP contribution in [0.3, 0.4) is 0 Å². The lowest BCUT2D eigenvalue weighted by Gasteiger charge is -2.10. The number of unbranched alkanes of at least 4 members (excludes halogenated alkanes) is 3. The first-order chi connectivity index (χ1) is 9.27. The zero-order valence-corrected chi connectivity index (χ0v) is 12.3. The molecular weight excluding hydrogens is 240 g/mol. The van der Waals surface area contributed by atoms with Crippen molar-refractivity contribution in [2.75, 3.05) is 13.1 Å². The van der Waals surface area contributed by atoms with E-state index in [0.29, 0.717) is 6.54 Å². The Labute approximate surface area is 115 Å². The van der Waals surface area contributed by atoms with Gasteiger partial charge in [0.25, 0.3) is 0 Å². The molecule has 0 radical (unpaired) electrons. The van der Waals surface area contributed by atoms with E-state index in [4.69, 9.17) is 0 Å². The fourth-order valence-corrected chi connectivity index (χ4v) is 1.70. The third kappa shape index (κ3) is 6.22. The van der Waals surface area contributed by atoms with E-state index < -0.39 is 0 Å². The average molecular weight is 266 g/mol. The molecule has 0 fully saturated rings. The van der Waals surface area contributed by atoms with Crippen molar-refractivity contribution in [3.05, 3.63) is 12.2 Å². The minimum atomic E-state index is 0.542. The molecule has 0 atom stereocenters. The molecule has 0 aliphatic heterocycles. The molecule has 2 N–H and O–H groups in total. The van der Waals surface area contributed by atoms with Gasteiger partial charge in [-0.25, -0.2) is 4.99 Å². The molecule has 1 heterocycles. The fourth-order valence-electron chi connectivity index (χ4n) is 1.70. The van der Waals surface area contributed by atoms with Gasteiger partial charge in [-0.05, 0) is 13.3 Å². The summed E-state index contributed by atoms with van der Waals surface area (Å²) in [6, 6.07) is 0. The van der Waals surface area contributed by atoms with Crippen LogP contribution in [-0.2, 0) is 13.6 Å². The van der Waals surface area contributed by atoms with E-state index in [1.807, 2.05) is 11.6 Å². The number of nitrogens with zero attached hydrogens (tertiary/aromatic N) is 4. The molecule has 0 aromatic carbocycles. The number of rotatable bonds is 8. The van der Waals surface area contributed by atoms with Crippen molar-refractivity contribution in [1.82, 2.24) is 25.4 Å². The molecule has 0 saturated heterocycles. The van der Waals surface area contributed by atoms with Crippen LogP contribution in [-0.4, -0.2) is 33.8 Å². The molecular formula is C13H26N6. The van der Waals surface area contributed by atoms with Crippen LogP contribution in [0.2, 0.25) is 0 Å². The predicted molar refractivity (Wildman–Crippen MR) is 78.0 cm³/mol. The Morgan fingerprint density at radius 1 is 1.26 bits per heavy atom. The lowest BCUT2D eigenvalue weighted by Crippen LogP contribution is -2.37. The highest BCUT2D eigenvalue weighted by Crippen LogP contribution is 1.97. The number of hydrogen-bond acceptors (Lipinski definition) is 3. The standard InChI is InChI=1S/C13H26N6/c1-4-6-7-8-9-15-13(14-5-2)16-10-12-18-17-11-19(12)3/h11H,4-10H2,1-3H3,(H2,14,15,16). The van der Waals surface area contributed by atoms with Gasteiger partial charge in [0.2, 0.25) is 0 Å². The van der Waals surface area contributed by atoms with Crippen LogP contribution in [0.1, 0.15) is 45.4 Å². The summed E-state index contributed by atoms with van der Waals surface area (Å²) < 4.78 is 1.88. The fraction of sp³-hybridized carbons (Fsp3) is 0.769. The highest BCUT2D eigenvalue weighted by molar-refractivity contribution is 5.79. The summed E-state index contributed by atoms with van der Waals surface area (Å²) in [5, 5.41) is 14.4. The van der Waals surface area contributed by atoms with Gasteiger partial charge in [-0.3, -0.25) is 0 Å². The molecule has 1 rings (SSSR count). The molecule has 0 amide bonds. The Morgan fingerprint density at radius 3 is 2.74 bits per heavy atom. The first-order valence-electron chi connectivity index (χ1n) is 7.13. The Hall–Kier alpha value is -1.59. The van der Waals surface area contributed by atoms with Gasteiger partial charge in [0, 0.05) is 20.1 Å². The van der Waals surface area contributed by atoms with Gasteiger partial charge in [0.15, 0.2) is 11.8 Å². The van der Waals surface area contributed by atoms with Crippen molar-refractivity contribution < 1.29 is 0 Å². The van der Waals surface area contributed by atoms with E-state index in [2.05, 4.69) is 39.7 Å². The molecule has 0 spiro atoms. The minimum absolute atomic E-state index is 0.542. The van der Waals surface area contributed by atoms with E-state index in [9.17, 15) is 0 Å². The van der Waals surface area contributed by atoms with Gasteiger partial charge < -0.3 is 15.2 Å². The molecule has 0 unspecified atom stereocenters. The Kier molecular flexibility index (Phi) is 7.62. The maximum Gasteiger partial charge on any atom is 0.191 e. The molecule has 108 valence electrons. The van der Waals surface area contributed by atoms with Crippen molar-refractivity contribution in [2.45, 2.75) is 46.1 Å². The summed E-state index contributed by atoms with van der Waals surface area (Å²) in [4.78, 5) is 4.51. The zero-order chi connectivity index (χ0) is 13.9. The third-order valence-corrected chi connectivity index (χ3v) is 2.85. The van der Waals surface area contributed by atoms with Crippen molar-refractivity contribution in [1.29, 1.82) is 0 Å². The number of aromatic nitrogens is 3. The molecule has 6 heteroatoms. The number of nitrogens with one attached hydrogen (secondary N) is 2. The third-order valence-electron chi connectivity index (χ3n) is 2.85. The van der Waals surface area contributed by atoms with Crippen LogP contribution < -0.4 is 10.6 Å². The highest BCUT2D eigenvalue weighted by Gasteiger charge is 2.01. The highest BCUT2D eigenvalue weighted by atomic mass is 15.3. The van der Waals surface area contributed by atoms with Gasteiger partial charge in [-0.15, -0.1) is 10.2 Å². The first kappa shape index (κ1) is 15.5.